The first-order valence-corrected chi connectivity index (χ1v) is 10.0. The van der Waals surface area contributed by atoms with Gasteiger partial charge in [0.15, 0.2) is 0 Å². The molecule has 0 radical (unpaired) electrons. The lowest BCUT2D eigenvalue weighted by Crippen LogP contribution is -2.51. The maximum absolute atomic E-state index is 12.5. The molecule has 1 aromatic rings. The van der Waals surface area contributed by atoms with Gasteiger partial charge in [0.1, 0.15) is 5.76 Å². The van der Waals surface area contributed by atoms with Gasteiger partial charge in [-0.3, -0.25) is 14.5 Å². The van der Waals surface area contributed by atoms with Crippen LogP contribution in [0.4, 0.5) is 0 Å². The highest BCUT2D eigenvalue weighted by Gasteiger charge is 2.37. The van der Waals surface area contributed by atoms with Crippen LogP contribution in [0.5, 0.6) is 0 Å². The molecule has 0 aromatic carbocycles. The van der Waals surface area contributed by atoms with Crippen molar-refractivity contribution >= 4 is 11.8 Å². The Kier molecular flexibility index (Phi) is 5.29. The summed E-state index contributed by atoms with van der Waals surface area (Å²) in [4.78, 5) is 29.3. The molecular formula is C20H29N3O3. The predicted molar refractivity (Wildman–Crippen MR) is 97.2 cm³/mol. The van der Waals surface area contributed by atoms with Gasteiger partial charge < -0.3 is 14.6 Å². The van der Waals surface area contributed by atoms with Crippen LogP contribution in [0.1, 0.15) is 44.3 Å². The fraction of sp³-hybridized carbons (Fsp3) is 0.700. The van der Waals surface area contributed by atoms with Crippen molar-refractivity contribution in [1.29, 1.82) is 0 Å². The first-order chi connectivity index (χ1) is 12.7. The molecule has 26 heavy (non-hydrogen) atoms. The smallest absolute Gasteiger partial charge is 0.225 e. The minimum atomic E-state index is 0.0600. The second-order valence-corrected chi connectivity index (χ2v) is 7.96. The third-order valence-corrected chi connectivity index (χ3v) is 6.06. The fourth-order valence-electron chi connectivity index (χ4n) is 4.32. The molecule has 0 unspecified atom stereocenters. The van der Waals surface area contributed by atoms with Gasteiger partial charge in [-0.1, -0.05) is 0 Å². The first kappa shape index (κ1) is 17.6. The molecule has 3 heterocycles. The summed E-state index contributed by atoms with van der Waals surface area (Å²) in [5, 5.41) is 3.01. The topological polar surface area (TPSA) is 65.8 Å². The standard InChI is InChI=1S/C20H29N3O3/c24-19(21-13-18-4-2-12-26-18)16-3-1-9-23(14-16)17-7-10-22(11-8-17)20(25)15-5-6-15/h2,4,12,15-17H,1,3,5-11,13-14H2,(H,21,24)/t16-/m1/s1. The number of furan rings is 1. The van der Waals surface area contributed by atoms with E-state index in [1.165, 1.54) is 0 Å². The van der Waals surface area contributed by atoms with Gasteiger partial charge in [-0.15, -0.1) is 0 Å². The Labute approximate surface area is 154 Å². The summed E-state index contributed by atoms with van der Waals surface area (Å²) in [7, 11) is 0. The van der Waals surface area contributed by atoms with E-state index in [1.54, 1.807) is 6.26 Å². The van der Waals surface area contributed by atoms with Gasteiger partial charge in [0.25, 0.3) is 0 Å². The Morgan fingerprint density at radius 3 is 2.58 bits per heavy atom. The Hall–Kier alpha value is -1.82. The predicted octanol–water partition coefficient (Wildman–Crippen LogP) is 2.01. The number of carbonyl (C=O) groups excluding carboxylic acids is 2. The highest BCUT2D eigenvalue weighted by atomic mass is 16.3. The Morgan fingerprint density at radius 2 is 1.88 bits per heavy atom. The van der Waals surface area contributed by atoms with Crippen molar-refractivity contribution in [2.24, 2.45) is 11.8 Å². The van der Waals surface area contributed by atoms with Crippen molar-refractivity contribution in [2.75, 3.05) is 26.2 Å². The zero-order chi connectivity index (χ0) is 17.9. The molecular weight excluding hydrogens is 330 g/mol. The SMILES string of the molecule is O=C(NCc1ccco1)[C@@H]1CCCN(C2CCN(C(=O)C3CC3)CC2)C1. The molecule has 2 saturated heterocycles. The van der Waals surface area contributed by atoms with Gasteiger partial charge in [0.05, 0.1) is 18.7 Å². The Balaban J connectivity index is 1.24. The molecule has 2 amide bonds. The average Bonchev–Trinajstić information content (AvgIpc) is 3.41. The summed E-state index contributed by atoms with van der Waals surface area (Å²) in [6, 6.07) is 4.23. The number of nitrogens with zero attached hydrogens (tertiary/aromatic N) is 2. The molecule has 1 atom stereocenters. The second kappa shape index (κ2) is 7.82. The van der Waals surface area contributed by atoms with Gasteiger partial charge >= 0.3 is 0 Å². The number of rotatable bonds is 5. The first-order valence-electron chi connectivity index (χ1n) is 10.0. The normalized spacial score (nSPS) is 25.2. The van der Waals surface area contributed by atoms with Gasteiger partial charge in [-0.25, -0.2) is 0 Å². The quantitative estimate of drug-likeness (QED) is 0.873. The minimum Gasteiger partial charge on any atom is -0.467 e. The summed E-state index contributed by atoms with van der Waals surface area (Å²) in [5.41, 5.74) is 0. The van der Waals surface area contributed by atoms with E-state index >= 15 is 0 Å². The van der Waals surface area contributed by atoms with Crippen LogP contribution in [0.3, 0.4) is 0 Å². The van der Waals surface area contributed by atoms with Crippen LogP contribution in [0.2, 0.25) is 0 Å². The third kappa shape index (κ3) is 4.11. The van der Waals surface area contributed by atoms with Gasteiger partial charge in [0, 0.05) is 31.6 Å². The lowest BCUT2D eigenvalue weighted by Gasteiger charge is -2.42. The highest BCUT2D eigenvalue weighted by molar-refractivity contribution is 5.81. The van der Waals surface area contributed by atoms with Crippen LogP contribution in [-0.2, 0) is 16.1 Å². The summed E-state index contributed by atoms with van der Waals surface area (Å²) in [6.45, 7) is 4.14. The number of hydrogen-bond donors (Lipinski definition) is 1. The molecule has 142 valence electrons. The summed E-state index contributed by atoms with van der Waals surface area (Å²) >= 11 is 0. The molecule has 2 aliphatic heterocycles. The molecule has 4 rings (SSSR count). The zero-order valence-corrected chi connectivity index (χ0v) is 15.4. The Morgan fingerprint density at radius 1 is 1.08 bits per heavy atom. The summed E-state index contributed by atoms with van der Waals surface area (Å²) < 4.78 is 5.28. The number of amides is 2. The van der Waals surface area contributed by atoms with Gasteiger partial charge in [0.2, 0.25) is 11.8 Å². The Bertz CT molecular complexity index is 618. The number of piperidine rings is 2. The van der Waals surface area contributed by atoms with Crippen LogP contribution >= 0.6 is 0 Å². The van der Waals surface area contributed by atoms with Crippen molar-refractivity contribution < 1.29 is 14.0 Å². The van der Waals surface area contributed by atoms with E-state index in [2.05, 4.69) is 15.1 Å². The van der Waals surface area contributed by atoms with Crippen LogP contribution < -0.4 is 5.32 Å². The second-order valence-electron chi connectivity index (χ2n) is 7.96. The van der Waals surface area contributed by atoms with Crippen molar-refractivity contribution in [2.45, 2.75) is 51.1 Å². The van der Waals surface area contributed by atoms with Crippen LogP contribution in [0.25, 0.3) is 0 Å². The number of nitrogens with one attached hydrogen (secondary N) is 1. The highest BCUT2D eigenvalue weighted by Crippen LogP contribution is 2.32. The summed E-state index contributed by atoms with van der Waals surface area (Å²) in [5.74, 6) is 1.68. The minimum absolute atomic E-state index is 0.0600. The molecule has 6 nitrogen and oxygen atoms in total. The maximum atomic E-state index is 12.5. The lowest BCUT2D eigenvalue weighted by atomic mass is 9.93. The maximum Gasteiger partial charge on any atom is 0.225 e. The van der Waals surface area contributed by atoms with E-state index in [9.17, 15) is 9.59 Å². The van der Waals surface area contributed by atoms with Crippen LogP contribution in [0, 0.1) is 11.8 Å². The molecule has 1 aromatic heterocycles. The van der Waals surface area contributed by atoms with E-state index in [0.29, 0.717) is 24.4 Å². The number of carbonyl (C=O) groups is 2. The van der Waals surface area contributed by atoms with Crippen LogP contribution in [0.15, 0.2) is 22.8 Å². The molecule has 3 fully saturated rings. The van der Waals surface area contributed by atoms with Gasteiger partial charge in [-0.05, 0) is 57.2 Å². The van der Waals surface area contributed by atoms with Crippen molar-refractivity contribution in [3.63, 3.8) is 0 Å². The van der Waals surface area contributed by atoms with Crippen molar-refractivity contribution in [1.82, 2.24) is 15.1 Å². The molecule has 1 saturated carbocycles. The summed E-state index contributed by atoms with van der Waals surface area (Å²) in [6.07, 6.45) is 7.90. The molecule has 0 spiro atoms. The van der Waals surface area contributed by atoms with Crippen molar-refractivity contribution in [3.8, 4) is 0 Å². The van der Waals surface area contributed by atoms with E-state index in [-0.39, 0.29) is 11.8 Å². The molecule has 6 heteroatoms. The van der Waals surface area contributed by atoms with Crippen molar-refractivity contribution in [3.05, 3.63) is 24.2 Å². The van der Waals surface area contributed by atoms with Crippen LogP contribution in [-0.4, -0.2) is 53.8 Å². The van der Waals surface area contributed by atoms with E-state index in [4.69, 9.17) is 4.42 Å². The molecule has 1 aliphatic carbocycles. The van der Waals surface area contributed by atoms with E-state index < -0.39 is 0 Å². The molecule has 1 N–H and O–H groups in total. The number of hydrogen-bond acceptors (Lipinski definition) is 4. The number of likely N-dealkylation sites (tertiary alicyclic amines) is 2. The molecule has 3 aliphatic rings. The third-order valence-electron chi connectivity index (χ3n) is 6.06. The van der Waals surface area contributed by atoms with Gasteiger partial charge in [-0.2, -0.15) is 0 Å². The lowest BCUT2D eigenvalue weighted by molar-refractivity contribution is -0.134. The largest absolute Gasteiger partial charge is 0.467 e. The van der Waals surface area contributed by atoms with E-state index in [1.807, 2.05) is 12.1 Å². The monoisotopic (exact) mass is 359 g/mol. The molecule has 0 bridgehead atoms. The zero-order valence-electron chi connectivity index (χ0n) is 15.4. The fourth-order valence-corrected chi connectivity index (χ4v) is 4.32. The van der Waals surface area contributed by atoms with E-state index in [0.717, 1.165) is 70.5 Å². The average molecular weight is 359 g/mol.